The van der Waals surface area contributed by atoms with Crippen LogP contribution in [-0.4, -0.2) is 36.9 Å². The lowest BCUT2D eigenvalue weighted by Crippen LogP contribution is -2.49. The first-order valence-corrected chi connectivity index (χ1v) is 9.93. The van der Waals surface area contributed by atoms with Crippen LogP contribution in [0.2, 0.25) is 0 Å². The molecule has 1 aliphatic rings. The van der Waals surface area contributed by atoms with Crippen LogP contribution in [0.25, 0.3) is 0 Å². The van der Waals surface area contributed by atoms with Gasteiger partial charge in [0.1, 0.15) is 0 Å². The summed E-state index contributed by atoms with van der Waals surface area (Å²) in [4.78, 5) is 12.6. The van der Waals surface area contributed by atoms with E-state index in [4.69, 9.17) is 26.4 Å². The van der Waals surface area contributed by atoms with Gasteiger partial charge in [0.25, 0.3) is 5.91 Å². The highest BCUT2D eigenvalue weighted by Gasteiger charge is 2.19. The van der Waals surface area contributed by atoms with E-state index in [1.54, 1.807) is 12.1 Å². The first kappa shape index (κ1) is 21.1. The van der Waals surface area contributed by atoms with E-state index in [0.29, 0.717) is 53.8 Å². The summed E-state index contributed by atoms with van der Waals surface area (Å²) in [6, 6.07) is 3.66. The number of rotatable bonds is 8. The Labute approximate surface area is 166 Å². The van der Waals surface area contributed by atoms with Crippen molar-refractivity contribution < 1.29 is 19.0 Å². The normalized spacial score (nSPS) is 13.7. The average Bonchev–Trinajstić information content (AvgIpc) is 3.15. The number of amides is 1. The molecule has 0 saturated heterocycles. The van der Waals surface area contributed by atoms with Crippen molar-refractivity contribution in [1.29, 1.82) is 0 Å². The number of hydrazine groups is 1. The van der Waals surface area contributed by atoms with Crippen molar-refractivity contribution in [1.82, 2.24) is 16.2 Å². The van der Waals surface area contributed by atoms with E-state index >= 15 is 0 Å². The largest absolute Gasteiger partial charge is 0.490 e. The van der Waals surface area contributed by atoms with Gasteiger partial charge in [0, 0.05) is 11.6 Å². The Bertz CT molecular complexity index is 621. The molecule has 1 aromatic rings. The van der Waals surface area contributed by atoms with Gasteiger partial charge in [0.05, 0.1) is 19.8 Å². The standard InChI is InChI=1S/C19H29N3O4S/c1-4-24-15-11-13(12-16(25-5-2)17(15)26-6-3)18(23)21-22-19(27)20-14-9-7-8-10-14/h11-12,14H,4-10H2,1-3H3,(H,21,23)(H2,20,22,27). The topological polar surface area (TPSA) is 80.9 Å². The fraction of sp³-hybridized carbons (Fsp3) is 0.579. The highest BCUT2D eigenvalue weighted by atomic mass is 32.1. The first-order valence-electron chi connectivity index (χ1n) is 9.52. The lowest BCUT2D eigenvalue weighted by atomic mass is 10.1. The van der Waals surface area contributed by atoms with Crippen LogP contribution in [0, 0.1) is 0 Å². The molecule has 3 N–H and O–H groups in total. The molecule has 2 rings (SSSR count). The van der Waals surface area contributed by atoms with Crippen LogP contribution in [-0.2, 0) is 0 Å². The molecule has 0 aromatic heterocycles. The molecule has 0 radical (unpaired) electrons. The molecular formula is C19H29N3O4S. The first-order chi connectivity index (χ1) is 13.1. The van der Waals surface area contributed by atoms with Gasteiger partial charge in [0.15, 0.2) is 16.6 Å². The van der Waals surface area contributed by atoms with Crippen molar-refractivity contribution in [2.75, 3.05) is 19.8 Å². The van der Waals surface area contributed by atoms with Crippen LogP contribution in [0.1, 0.15) is 56.8 Å². The Morgan fingerprint density at radius 3 is 2.07 bits per heavy atom. The Kier molecular flexibility index (Phi) is 8.44. The van der Waals surface area contributed by atoms with E-state index in [9.17, 15) is 4.79 Å². The molecule has 0 unspecified atom stereocenters. The monoisotopic (exact) mass is 395 g/mol. The Hall–Kier alpha value is -2.22. The summed E-state index contributed by atoms with van der Waals surface area (Å²) in [5, 5.41) is 3.62. The van der Waals surface area contributed by atoms with Crippen molar-refractivity contribution in [2.45, 2.75) is 52.5 Å². The zero-order valence-electron chi connectivity index (χ0n) is 16.2. The van der Waals surface area contributed by atoms with Gasteiger partial charge < -0.3 is 19.5 Å². The van der Waals surface area contributed by atoms with E-state index < -0.39 is 0 Å². The fourth-order valence-electron chi connectivity index (χ4n) is 3.00. The molecule has 0 bridgehead atoms. The number of benzene rings is 1. The van der Waals surface area contributed by atoms with E-state index in [0.717, 1.165) is 12.8 Å². The molecule has 1 aliphatic carbocycles. The summed E-state index contributed by atoms with van der Waals surface area (Å²) in [7, 11) is 0. The molecule has 0 heterocycles. The minimum absolute atomic E-state index is 0.337. The molecule has 7 nitrogen and oxygen atoms in total. The van der Waals surface area contributed by atoms with E-state index in [1.165, 1.54) is 12.8 Å². The molecule has 1 fully saturated rings. The zero-order valence-corrected chi connectivity index (χ0v) is 17.0. The lowest BCUT2D eigenvalue weighted by Gasteiger charge is -2.18. The molecular weight excluding hydrogens is 366 g/mol. The third-order valence-electron chi connectivity index (χ3n) is 4.15. The molecule has 0 aliphatic heterocycles. The second kappa shape index (κ2) is 10.8. The van der Waals surface area contributed by atoms with Crippen molar-refractivity contribution in [3.63, 3.8) is 0 Å². The smallest absolute Gasteiger partial charge is 0.269 e. The molecule has 0 atom stereocenters. The van der Waals surface area contributed by atoms with Crippen molar-refractivity contribution >= 4 is 23.2 Å². The third kappa shape index (κ3) is 6.16. The van der Waals surface area contributed by atoms with Crippen LogP contribution in [0.5, 0.6) is 17.2 Å². The van der Waals surface area contributed by atoms with E-state index in [-0.39, 0.29) is 5.91 Å². The van der Waals surface area contributed by atoms with E-state index in [1.807, 2.05) is 20.8 Å². The predicted molar refractivity (Wildman–Crippen MR) is 109 cm³/mol. The van der Waals surface area contributed by atoms with Gasteiger partial charge in [-0.15, -0.1) is 0 Å². The second-order valence-corrected chi connectivity index (χ2v) is 6.54. The van der Waals surface area contributed by atoms with Crippen LogP contribution in [0.15, 0.2) is 12.1 Å². The van der Waals surface area contributed by atoms with Crippen LogP contribution in [0.4, 0.5) is 0 Å². The summed E-state index contributed by atoms with van der Waals surface area (Å²) in [6.45, 7) is 6.99. The number of ether oxygens (including phenoxy) is 3. The van der Waals surface area contributed by atoms with Gasteiger partial charge in [-0.25, -0.2) is 0 Å². The molecule has 1 aromatic carbocycles. The van der Waals surface area contributed by atoms with Crippen molar-refractivity contribution in [3.05, 3.63) is 17.7 Å². The molecule has 1 saturated carbocycles. The summed E-state index contributed by atoms with van der Waals surface area (Å²) in [5.74, 6) is 1.11. The van der Waals surface area contributed by atoms with Gasteiger partial charge in [-0.2, -0.15) is 0 Å². The number of carbonyl (C=O) groups excluding carboxylic acids is 1. The molecule has 0 spiro atoms. The lowest BCUT2D eigenvalue weighted by molar-refractivity contribution is 0.0942. The summed E-state index contributed by atoms with van der Waals surface area (Å²) in [5.41, 5.74) is 5.77. The number of hydrogen-bond donors (Lipinski definition) is 3. The number of hydrogen-bond acceptors (Lipinski definition) is 5. The minimum Gasteiger partial charge on any atom is -0.490 e. The molecule has 150 valence electrons. The van der Waals surface area contributed by atoms with Gasteiger partial charge in [-0.05, 0) is 58.0 Å². The molecule has 8 heteroatoms. The maximum atomic E-state index is 12.6. The second-order valence-electron chi connectivity index (χ2n) is 6.13. The maximum absolute atomic E-state index is 12.6. The van der Waals surface area contributed by atoms with Crippen molar-refractivity contribution in [3.8, 4) is 17.2 Å². The van der Waals surface area contributed by atoms with Crippen molar-refractivity contribution in [2.24, 2.45) is 0 Å². The van der Waals surface area contributed by atoms with Gasteiger partial charge in [-0.3, -0.25) is 15.6 Å². The SMILES string of the molecule is CCOc1cc(C(=O)NNC(=S)NC2CCCC2)cc(OCC)c1OCC. The summed E-state index contributed by atoms with van der Waals surface area (Å²) >= 11 is 5.24. The highest BCUT2D eigenvalue weighted by Crippen LogP contribution is 2.39. The Balaban J connectivity index is 2.07. The predicted octanol–water partition coefficient (Wildman–Crippen LogP) is 2.93. The molecule has 1 amide bonds. The van der Waals surface area contributed by atoms with Gasteiger partial charge in [0.2, 0.25) is 5.75 Å². The summed E-state index contributed by atoms with van der Waals surface area (Å²) in [6.07, 6.45) is 4.62. The summed E-state index contributed by atoms with van der Waals surface area (Å²) < 4.78 is 16.9. The minimum atomic E-state index is -0.337. The van der Waals surface area contributed by atoms with Crippen LogP contribution >= 0.6 is 12.2 Å². The number of carbonyl (C=O) groups is 1. The average molecular weight is 396 g/mol. The van der Waals surface area contributed by atoms with E-state index in [2.05, 4.69) is 16.2 Å². The quantitative estimate of drug-likeness (QED) is 0.461. The highest BCUT2D eigenvalue weighted by molar-refractivity contribution is 7.80. The Morgan fingerprint density at radius 2 is 1.56 bits per heavy atom. The Morgan fingerprint density at radius 1 is 1.00 bits per heavy atom. The van der Waals surface area contributed by atoms with Gasteiger partial charge >= 0.3 is 0 Å². The zero-order chi connectivity index (χ0) is 19.6. The van der Waals surface area contributed by atoms with Crippen LogP contribution in [0.3, 0.4) is 0 Å². The number of thiocarbonyl (C=S) groups is 1. The van der Waals surface area contributed by atoms with Crippen LogP contribution < -0.4 is 30.4 Å². The van der Waals surface area contributed by atoms with Gasteiger partial charge in [-0.1, -0.05) is 12.8 Å². The third-order valence-corrected chi connectivity index (χ3v) is 4.37. The fourth-order valence-corrected chi connectivity index (χ4v) is 3.21. The maximum Gasteiger partial charge on any atom is 0.269 e. The molecule has 27 heavy (non-hydrogen) atoms. The number of nitrogens with one attached hydrogen (secondary N) is 3.